The Bertz CT molecular complexity index is 544. The zero-order valence-corrected chi connectivity index (χ0v) is 14.0. The molecule has 0 aliphatic rings. The highest BCUT2D eigenvalue weighted by Gasteiger charge is 2.10. The quantitative estimate of drug-likeness (QED) is 0.478. The van der Waals surface area contributed by atoms with Crippen LogP contribution in [0.1, 0.15) is 44.0 Å². The standard InChI is InChI=1S/C16H22N2O3S/c1-4-5-9-21-15(20)12-7-6-8-13(10-12)17-16(22)18-14(19)11(2)3/h6-8,10-11H,4-5,9H2,1-3H3,(H2,17,18,19,22). The predicted octanol–water partition coefficient (Wildman–Crippen LogP) is 3.11. The lowest BCUT2D eigenvalue weighted by atomic mass is 10.2. The third kappa shape index (κ3) is 6.22. The number of nitrogens with one attached hydrogen (secondary N) is 2. The second kappa shape index (κ2) is 9.15. The second-order valence-corrected chi connectivity index (χ2v) is 5.58. The van der Waals surface area contributed by atoms with Crippen LogP contribution in [0, 0.1) is 5.92 Å². The Morgan fingerprint density at radius 3 is 2.68 bits per heavy atom. The Kier molecular flexibility index (Phi) is 7.52. The molecule has 1 aromatic rings. The number of carbonyl (C=O) groups excluding carboxylic acids is 2. The van der Waals surface area contributed by atoms with Gasteiger partial charge in [0.05, 0.1) is 12.2 Å². The summed E-state index contributed by atoms with van der Waals surface area (Å²) in [6, 6.07) is 6.81. The number of rotatable bonds is 6. The van der Waals surface area contributed by atoms with Crippen LogP contribution >= 0.6 is 12.2 Å². The molecule has 1 rings (SSSR count). The van der Waals surface area contributed by atoms with Crippen molar-refractivity contribution in [2.45, 2.75) is 33.6 Å². The molecule has 0 aromatic heterocycles. The number of ether oxygens (including phenoxy) is 1. The van der Waals surface area contributed by atoms with Gasteiger partial charge in [-0.25, -0.2) is 4.79 Å². The maximum atomic E-state index is 11.9. The highest BCUT2D eigenvalue weighted by Crippen LogP contribution is 2.12. The average Bonchev–Trinajstić information content (AvgIpc) is 2.47. The molecule has 5 nitrogen and oxygen atoms in total. The van der Waals surface area contributed by atoms with Crippen molar-refractivity contribution in [3.05, 3.63) is 29.8 Å². The lowest BCUT2D eigenvalue weighted by molar-refractivity contribution is -0.122. The van der Waals surface area contributed by atoms with Crippen LogP contribution in [0.15, 0.2) is 24.3 Å². The van der Waals surface area contributed by atoms with Gasteiger partial charge in [0.1, 0.15) is 0 Å². The fourth-order valence-corrected chi connectivity index (χ4v) is 1.75. The molecule has 0 saturated heterocycles. The first-order valence-corrected chi connectivity index (χ1v) is 7.74. The third-order valence-electron chi connectivity index (χ3n) is 2.85. The van der Waals surface area contributed by atoms with Gasteiger partial charge < -0.3 is 15.4 Å². The molecule has 0 radical (unpaired) electrons. The number of benzene rings is 1. The largest absolute Gasteiger partial charge is 0.462 e. The molecule has 1 amide bonds. The monoisotopic (exact) mass is 322 g/mol. The van der Waals surface area contributed by atoms with Crippen molar-refractivity contribution in [3.63, 3.8) is 0 Å². The van der Waals surface area contributed by atoms with Gasteiger partial charge in [-0.1, -0.05) is 33.3 Å². The van der Waals surface area contributed by atoms with E-state index in [0.717, 1.165) is 12.8 Å². The molecule has 0 aliphatic heterocycles. The summed E-state index contributed by atoms with van der Waals surface area (Å²) in [7, 11) is 0. The zero-order chi connectivity index (χ0) is 16.5. The van der Waals surface area contributed by atoms with Crippen LogP contribution in [0.25, 0.3) is 0 Å². The molecule has 0 fully saturated rings. The van der Waals surface area contributed by atoms with E-state index in [9.17, 15) is 9.59 Å². The number of anilines is 1. The van der Waals surface area contributed by atoms with E-state index in [1.54, 1.807) is 38.1 Å². The molecule has 0 atom stereocenters. The van der Waals surface area contributed by atoms with E-state index >= 15 is 0 Å². The molecule has 0 aliphatic carbocycles. The molecule has 2 N–H and O–H groups in total. The van der Waals surface area contributed by atoms with Crippen molar-refractivity contribution in [3.8, 4) is 0 Å². The smallest absolute Gasteiger partial charge is 0.338 e. The minimum Gasteiger partial charge on any atom is -0.462 e. The zero-order valence-electron chi connectivity index (χ0n) is 13.1. The van der Waals surface area contributed by atoms with Crippen LogP contribution in [0.3, 0.4) is 0 Å². The van der Waals surface area contributed by atoms with Gasteiger partial charge >= 0.3 is 5.97 Å². The van der Waals surface area contributed by atoms with Crippen LogP contribution in [0.2, 0.25) is 0 Å². The average molecular weight is 322 g/mol. The van der Waals surface area contributed by atoms with Crippen LogP contribution < -0.4 is 10.6 Å². The van der Waals surface area contributed by atoms with E-state index in [1.165, 1.54) is 0 Å². The molecule has 6 heteroatoms. The molecule has 120 valence electrons. The van der Waals surface area contributed by atoms with Gasteiger partial charge in [-0.2, -0.15) is 0 Å². The maximum absolute atomic E-state index is 11.9. The summed E-state index contributed by atoms with van der Waals surface area (Å²) in [6.07, 6.45) is 1.81. The molecule has 0 heterocycles. The second-order valence-electron chi connectivity index (χ2n) is 5.17. The van der Waals surface area contributed by atoms with Crippen molar-refractivity contribution >= 4 is 34.9 Å². The summed E-state index contributed by atoms with van der Waals surface area (Å²) >= 11 is 5.07. The van der Waals surface area contributed by atoms with Crippen LogP contribution in [0.4, 0.5) is 5.69 Å². The Morgan fingerprint density at radius 1 is 1.32 bits per heavy atom. The minimum atomic E-state index is -0.366. The maximum Gasteiger partial charge on any atom is 0.338 e. The number of esters is 1. The van der Waals surface area contributed by atoms with Crippen molar-refractivity contribution in [1.82, 2.24) is 5.32 Å². The van der Waals surface area contributed by atoms with E-state index in [4.69, 9.17) is 17.0 Å². The van der Waals surface area contributed by atoms with Crippen molar-refractivity contribution in [2.75, 3.05) is 11.9 Å². The molecule has 22 heavy (non-hydrogen) atoms. The number of hydrogen-bond acceptors (Lipinski definition) is 4. The van der Waals surface area contributed by atoms with Crippen LogP contribution in [0.5, 0.6) is 0 Å². The molecule has 0 spiro atoms. The number of unbranched alkanes of at least 4 members (excludes halogenated alkanes) is 1. The first-order valence-electron chi connectivity index (χ1n) is 7.33. The van der Waals surface area contributed by atoms with Gasteiger partial charge in [-0.05, 0) is 36.8 Å². The summed E-state index contributed by atoms with van der Waals surface area (Å²) in [5, 5.41) is 5.67. The fourth-order valence-electron chi connectivity index (χ4n) is 1.54. The Labute approximate surface area is 136 Å². The molecular weight excluding hydrogens is 300 g/mol. The lowest BCUT2D eigenvalue weighted by Gasteiger charge is -2.12. The topological polar surface area (TPSA) is 67.4 Å². The number of amides is 1. The Hall–Kier alpha value is -1.95. The van der Waals surface area contributed by atoms with Crippen molar-refractivity contribution < 1.29 is 14.3 Å². The van der Waals surface area contributed by atoms with E-state index in [-0.39, 0.29) is 22.9 Å². The lowest BCUT2D eigenvalue weighted by Crippen LogP contribution is -2.36. The van der Waals surface area contributed by atoms with Crippen molar-refractivity contribution in [1.29, 1.82) is 0 Å². The van der Waals surface area contributed by atoms with Gasteiger partial charge in [0.2, 0.25) is 5.91 Å². The summed E-state index contributed by atoms with van der Waals surface area (Å²) in [5.41, 5.74) is 1.07. The molecule has 0 saturated carbocycles. The van der Waals surface area contributed by atoms with Crippen LogP contribution in [-0.4, -0.2) is 23.6 Å². The van der Waals surface area contributed by atoms with Gasteiger partial charge in [-0.15, -0.1) is 0 Å². The van der Waals surface area contributed by atoms with E-state index in [1.807, 2.05) is 6.92 Å². The first-order chi connectivity index (χ1) is 10.4. The van der Waals surface area contributed by atoms with E-state index in [2.05, 4.69) is 10.6 Å². The van der Waals surface area contributed by atoms with Gasteiger partial charge in [0, 0.05) is 11.6 Å². The third-order valence-corrected chi connectivity index (χ3v) is 3.05. The van der Waals surface area contributed by atoms with E-state index in [0.29, 0.717) is 17.9 Å². The highest BCUT2D eigenvalue weighted by atomic mass is 32.1. The normalized spacial score (nSPS) is 10.2. The fraction of sp³-hybridized carbons (Fsp3) is 0.438. The number of thiocarbonyl (C=S) groups is 1. The minimum absolute atomic E-state index is 0.153. The predicted molar refractivity (Wildman–Crippen MR) is 90.8 cm³/mol. The summed E-state index contributed by atoms with van der Waals surface area (Å²) in [6.45, 7) is 6.01. The summed E-state index contributed by atoms with van der Waals surface area (Å²) in [4.78, 5) is 23.4. The molecule has 0 bridgehead atoms. The number of carbonyl (C=O) groups is 2. The summed E-state index contributed by atoms with van der Waals surface area (Å²) in [5.74, 6) is -0.679. The summed E-state index contributed by atoms with van der Waals surface area (Å²) < 4.78 is 5.16. The first kappa shape index (κ1) is 18.1. The Morgan fingerprint density at radius 2 is 2.05 bits per heavy atom. The molecular formula is C16H22N2O3S. The SMILES string of the molecule is CCCCOC(=O)c1cccc(NC(=S)NC(=O)C(C)C)c1. The van der Waals surface area contributed by atoms with Gasteiger partial charge in [0.25, 0.3) is 0 Å². The molecule has 0 unspecified atom stereocenters. The highest BCUT2D eigenvalue weighted by molar-refractivity contribution is 7.80. The van der Waals surface area contributed by atoms with Crippen LogP contribution in [-0.2, 0) is 9.53 Å². The van der Waals surface area contributed by atoms with Gasteiger partial charge in [0.15, 0.2) is 5.11 Å². The number of hydrogen-bond donors (Lipinski definition) is 2. The van der Waals surface area contributed by atoms with Crippen molar-refractivity contribution in [2.24, 2.45) is 5.92 Å². The molecule has 1 aromatic carbocycles. The Balaban J connectivity index is 2.62. The van der Waals surface area contributed by atoms with E-state index < -0.39 is 0 Å². The van der Waals surface area contributed by atoms with Gasteiger partial charge in [-0.3, -0.25) is 4.79 Å².